The maximum absolute atomic E-state index is 5.11. The summed E-state index contributed by atoms with van der Waals surface area (Å²) in [5.74, 6) is 3.41. The van der Waals surface area contributed by atoms with Crippen LogP contribution < -0.4 is 10.1 Å². The van der Waals surface area contributed by atoms with Gasteiger partial charge in [-0.3, -0.25) is 0 Å². The van der Waals surface area contributed by atoms with Gasteiger partial charge in [0.1, 0.15) is 0 Å². The van der Waals surface area contributed by atoms with E-state index in [9.17, 15) is 0 Å². The van der Waals surface area contributed by atoms with Crippen LogP contribution in [0.4, 0.5) is 5.95 Å². The average Bonchev–Trinajstić information content (AvgIpc) is 2.16. The molecule has 1 aromatic heterocycles. The number of ether oxygens (including phenoxy) is 1. The van der Waals surface area contributed by atoms with Crippen molar-refractivity contribution in [3.8, 4) is 18.2 Å². The largest absolute Gasteiger partial charge is 0.464 e. The van der Waals surface area contributed by atoms with Gasteiger partial charge in [-0.2, -0.15) is 4.98 Å². The standard InChI is InChI=1S/C9H11N3O/c1-3-7-13-8-5-6-11-9(12-8)10-4-2/h1,5-6H,4,7H2,2H3,(H,10,11,12). The lowest BCUT2D eigenvalue weighted by molar-refractivity contribution is 0.355. The summed E-state index contributed by atoms with van der Waals surface area (Å²) in [6, 6.07) is 1.66. The number of rotatable bonds is 4. The topological polar surface area (TPSA) is 47.0 Å². The van der Waals surface area contributed by atoms with Crippen LogP contribution in [0.15, 0.2) is 12.3 Å². The molecule has 0 saturated heterocycles. The maximum Gasteiger partial charge on any atom is 0.225 e. The maximum atomic E-state index is 5.11. The van der Waals surface area contributed by atoms with Gasteiger partial charge in [0.15, 0.2) is 6.61 Å². The molecular formula is C9H11N3O. The normalized spacial score (nSPS) is 8.92. The molecule has 4 nitrogen and oxygen atoms in total. The van der Waals surface area contributed by atoms with Gasteiger partial charge in [0.05, 0.1) is 0 Å². The van der Waals surface area contributed by atoms with E-state index in [1.807, 2.05) is 6.92 Å². The zero-order valence-electron chi connectivity index (χ0n) is 7.45. The van der Waals surface area contributed by atoms with Gasteiger partial charge in [0.25, 0.3) is 0 Å². The molecule has 0 saturated carbocycles. The molecule has 0 aliphatic heterocycles. The zero-order chi connectivity index (χ0) is 9.52. The molecule has 0 radical (unpaired) electrons. The molecule has 1 N–H and O–H groups in total. The molecule has 0 fully saturated rings. The number of nitrogens with one attached hydrogen (secondary N) is 1. The molecule has 0 spiro atoms. The zero-order valence-corrected chi connectivity index (χ0v) is 7.45. The van der Waals surface area contributed by atoms with Crippen LogP contribution in [0, 0.1) is 12.3 Å². The molecule has 0 bridgehead atoms. The first kappa shape index (κ1) is 9.33. The first-order valence-electron chi connectivity index (χ1n) is 4.00. The predicted molar refractivity (Wildman–Crippen MR) is 50.5 cm³/mol. The van der Waals surface area contributed by atoms with Crippen molar-refractivity contribution >= 4 is 5.95 Å². The fourth-order valence-corrected chi connectivity index (χ4v) is 0.781. The minimum Gasteiger partial charge on any atom is -0.464 e. The number of nitrogens with zero attached hydrogens (tertiary/aromatic N) is 2. The third-order valence-electron chi connectivity index (χ3n) is 1.27. The van der Waals surface area contributed by atoms with Gasteiger partial charge in [-0.1, -0.05) is 5.92 Å². The Hall–Kier alpha value is -1.76. The Morgan fingerprint density at radius 1 is 1.69 bits per heavy atom. The number of hydrogen-bond acceptors (Lipinski definition) is 4. The van der Waals surface area contributed by atoms with E-state index in [2.05, 4.69) is 21.2 Å². The van der Waals surface area contributed by atoms with Crippen molar-refractivity contribution in [3.05, 3.63) is 12.3 Å². The summed E-state index contributed by atoms with van der Waals surface area (Å²) in [6.07, 6.45) is 6.66. The van der Waals surface area contributed by atoms with Gasteiger partial charge in [0, 0.05) is 18.8 Å². The third-order valence-corrected chi connectivity index (χ3v) is 1.27. The quantitative estimate of drug-likeness (QED) is 0.695. The molecule has 13 heavy (non-hydrogen) atoms. The average molecular weight is 177 g/mol. The lowest BCUT2D eigenvalue weighted by Crippen LogP contribution is -2.03. The van der Waals surface area contributed by atoms with Crippen molar-refractivity contribution in [3.63, 3.8) is 0 Å². The van der Waals surface area contributed by atoms with E-state index in [1.54, 1.807) is 12.3 Å². The minimum atomic E-state index is 0.225. The summed E-state index contributed by atoms with van der Waals surface area (Å²) in [5, 5.41) is 2.97. The lowest BCUT2D eigenvalue weighted by Gasteiger charge is -2.03. The van der Waals surface area contributed by atoms with Gasteiger partial charge in [-0.05, 0) is 6.92 Å². The van der Waals surface area contributed by atoms with Crippen molar-refractivity contribution < 1.29 is 4.74 Å². The van der Waals surface area contributed by atoms with Crippen LogP contribution in [-0.4, -0.2) is 23.1 Å². The van der Waals surface area contributed by atoms with Crippen LogP contribution in [0.5, 0.6) is 5.88 Å². The van der Waals surface area contributed by atoms with Crippen LogP contribution in [-0.2, 0) is 0 Å². The highest BCUT2D eigenvalue weighted by Gasteiger charge is 1.96. The summed E-state index contributed by atoms with van der Waals surface area (Å²) in [5.41, 5.74) is 0. The Balaban J connectivity index is 2.63. The van der Waals surface area contributed by atoms with Crippen LogP contribution >= 0.6 is 0 Å². The highest BCUT2D eigenvalue weighted by Crippen LogP contribution is 2.07. The summed E-state index contributed by atoms with van der Waals surface area (Å²) in [4.78, 5) is 8.04. The van der Waals surface area contributed by atoms with E-state index in [1.165, 1.54) is 0 Å². The molecule has 68 valence electrons. The van der Waals surface area contributed by atoms with Crippen molar-refractivity contribution in [1.82, 2.24) is 9.97 Å². The van der Waals surface area contributed by atoms with Gasteiger partial charge < -0.3 is 10.1 Å². The molecule has 1 heterocycles. The molecular weight excluding hydrogens is 166 g/mol. The Kier molecular flexibility index (Phi) is 3.58. The minimum absolute atomic E-state index is 0.225. The Labute approximate surface area is 77.4 Å². The Morgan fingerprint density at radius 3 is 3.23 bits per heavy atom. The van der Waals surface area contributed by atoms with Crippen molar-refractivity contribution in [2.45, 2.75) is 6.92 Å². The first-order valence-corrected chi connectivity index (χ1v) is 4.00. The molecule has 1 rings (SSSR count). The number of anilines is 1. The van der Waals surface area contributed by atoms with Gasteiger partial charge in [0.2, 0.25) is 11.8 Å². The van der Waals surface area contributed by atoms with Crippen molar-refractivity contribution in [1.29, 1.82) is 0 Å². The van der Waals surface area contributed by atoms with E-state index in [4.69, 9.17) is 11.2 Å². The fraction of sp³-hybridized carbons (Fsp3) is 0.333. The second kappa shape index (κ2) is 4.99. The molecule has 0 aliphatic carbocycles. The van der Waals surface area contributed by atoms with Gasteiger partial charge in [-0.15, -0.1) is 6.42 Å². The van der Waals surface area contributed by atoms with Gasteiger partial charge in [-0.25, -0.2) is 4.98 Å². The predicted octanol–water partition coefficient (Wildman–Crippen LogP) is 0.920. The molecule has 4 heteroatoms. The first-order chi connectivity index (χ1) is 6.36. The molecule has 1 aromatic rings. The van der Waals surface area contributed by atoms with Crippen molar-refractivity contribution in [2.75, 3.05) is 18.5 Å². The van der Waals surface area contributed by atoms with E-state index >= 15 is 0 Å². The molecule has 0 unspecified atom stereocenters. The summed E-state index contributed by atoms with van der Waals surface area (Å²) >= 11 is 0. The van der Waals surface area contributed by atoms with Crippen LogP contribution in [0.25, 0.3) is 0 Å². The second-order valence-electron chi connectivity index (χ2n) is 2.24. The summed E-state index contributed by atoms with van der Waals surface area (Å²) < 4.78 is 5.11. The molecule has 0 aliphatic rings. The summed E-state index contributed by atoms with van der Waals surface area (Å²) in [7, 11) is 0. The molecule has 0 aromatic carbocycles. The molecule has 0 amide bonds. The highest BCUT2D eigenvalue weighted by atomic mass is 16.5. The van der Waals surface area contributed by atoms with E-state index < -0.39 is 0 Å². The number of hydrogen-bond donors (Lipinski definition) is 1. The summed E-state index contributed by atoms with van der Waals surface area (Å²) in [6.45, 7) is 2.97. The van der Waals surface area contributed by atoms with Crippen LogP contribution in [0.2, 0.25) is 0 Å². The monoisotopic (exact) mass is 177 g/mol. The van der Waals surface area contributed by atoms with Crippen molar-refractivity contribution in [2.24, 2.45) is 0 Å². The van der Waals surface area contributed by atoms with E-state index in [-0.39, 0.29) is 6.61 Å². The third kappa shape index (κ3) is 2.99. The lowest BCUT2D eigenvalue weighted by atomic mass is 10.6. The number of aromatic nitrogens is 2. The highest BCUT2D eigenvalue weighted by molar-refractivity contribution is 5.27. The SMILES string of the molecule is C#CCOc1ccnc(NCC)n1. The van der Waals surface area contributed by atoms with Gasteiger partial charge >= 0.3 is 0 Å². The Bertz CT molecular complexity index is 306. The molecule has 0 atom stereocenters. The fourth-order valence-electron chi connectivity index (χ4n) is 0.781. The smallest absolute Gasteiger partial charge is 0.225 e. The van der Waals surface area contributed by atoms with Crippen LogP contribution in [0.1, 0.15) is 6.92 Å². The number of terminal acetylenes is 1. The second-order valence-corrected chi connectivity index (χ2v) is 2.24. The van der Waals surface area contributed by atoms with E-state index in [0.29, 0.717) is 11.8 Å². The van der Waals surface area contributed by atoms with Crippen LogP contribution in [0.3, 0.4) is 0 Å². The van der Waals surface area contributed by atoms with E-state index in [0.717, 1.165) is 6.54 Å². The Morgan fingerprint density at radius 2 is 2.54 bits per heavy atom.